The Labute approximate surface area is 113 Å². The van der Waals surface area contributed by atoms with E-state index in [9.17, 15) is 4.79 Å². The molecule has 0 bridgehead atoms. The van der Waals surface area contributed by atoms with Crippen molar-refractivity contribution in [2.45, 2.75) is 32.2 Å². The lowest BCUT2D eigenvalue weighted by Crippen LogP contribution is -2.24. The number of rotatable bonds is 8. The average Bonchev–Trinajstić information content (AvgIpc) is 3.11. The second-order valence-corrected chi connectivity index (χ2v) is 5.46. The molecular weight excluding hydrogens is 242 g/mol. The van der Waals surface area contributed by atoms with Gasteiger partial charge in [-0.1, -0.05) is 24.3 Å². The van der Waals surface area contributed by atoms with E-state index in [0.29, 0.717) is 5.41 Å². The molecule has 0 radical (unpaired) electrons. The van der Waals surface area contributed by atoms with Crippen LogP contribution in [0.3, 0.4) is 0 Å². The van der Waals surface area contributed by atoms with Crippen LogP contribution < -0.4 is 5.32 Å². The van der Waals surface area contributed by atoms with Crippen LogP contribution >= 0.6 is 0 Å². The molecule has 0 amide bonds. The summed E-state index contributed by atoms with van der Waals surface area (Å²) in [6, 6.07) is 7.67. The van der Waals surface area contributed by atoms with E-state index >= 15 is 0 Å². The lowest BCUT2D eigenvalue weighted by molar-refractivity contribution is -0.136. The third kappa shape index (κ3) is 4.33. The number of carboxylic acid groups (broad SMARTS) is 1. The van der Waals surface area contributed by atoms with Crippen LogP contribution in [0.2, 0.25) is 0 Å². The highest BCUT2D eigenvalue weighted by atomic mass is 16.4. The predicted octanol–water partition coefficient (Wildman–Crippen LogP) is 1.57. The van der Waals surface area contributed by atoms with Crippen LogP contribution in [0.1, 0.15) is 30.4 Å². The van der Waals surface area contributed by atoms with Gasteiger partial charge in [-0.15, -0.1) is 0 Å². The monoisotopic (exact) mass is 263 g/mol. The Balaban J connectivity index is 1.75. The zero-order valence-electron chi connectivity index (χ0n) is 11.1. The van der Waals surface area contributed by atoms with Crippen LogP contribution in [0, 0.1) is 5.41 Å². The summed E-state index contributed by atoms with van der Waals surface area (Å²) in [7, 11) is 0. The molecule has 1 fully saturated rings. The second kappa shape index (κ2) is 6.17. The minimum Gasteiger partial charge on any atom is -0.481 e. The molecule has 1 aliphatic rings. The first-order valence-electron chi connectivity index (χ1n) is 6.75. The molecule has 1 aromatic carbocycles. The minimum atomic E-state index is -0.800. The molecule has 0 unspecified atom stereocenters. The number of aliphatic hydroxyl groups excluding tert-OH is 1. The van der Waals surface area contributed by atoms with Gasteiger partial charge in [0.25, 0.3) is 0 Å². The number of aliphatic hydroxyl groups is 1. The summed E-state index contributed by atoms with van der Waals surface area (Å²) in [6.07, 6.45) is 3.38. The molecule has 4 nitrogen and oxygen atoms in total. The van der Waals surface area contributed by atoms with Crippen LogP contribution in [0.5, 0.6) is 0 Å². The standard InChI is InChI=1S/C15H21NO3/c17-8-7-15(5-6-15)11-16-10-13-3-1-12(2-4-13)9-14(18)19/h1-4,16-17H,5-11H2,(H,18,19). The first kappa shape index (κ1) is 14.0. The molecule has 0 saturated heterocycles. The van der Waals surface area contributed by atoms with Crippen molar-refractivity contribution in [1.82, 2.24) is 5.32 Å². The number of hydrogen-bond acceptors (Lipinski definition) is 3. The Morgan fingerprint density at radius 3 is 2.37 bits per heavy atom. The van der Waals surface area contributed by atoms with E-state index in [2.05, 4.69) is 5.32 Å². The van der Waals surface area contributed by atoms with Crippen molar-refractivity contribution in [2.24, 2.45) is 5.41 Å². The number of nitrogens with one attached hydrogen (secondary N) is 1. The van der Waals surface area contributed by atoms with Crippen LogP contribution in [0.4, 0.5) is 0 Å². The maximum absolute atomic E-state index is 10.6. The van der Waals surface area contributed by atoms with Gasteiger partial charge in [0.1, 0.15) is 0 Å². The maximum atomic E-state index is 10.6. The minimum absolute atomic E-state index is 0.0767. The predicted molar refractivity (Wildman–Crippen MR) is 72.9 cm³/mol. The van der Waals surface area contributed by atoms with Crippen LogP contribution in [0.25, 0.3) is 0 Å². The van der Waals surface area contributed by atoms with Crippen molar-refractivity contribution in [2.75, 3.05) is 13.2 Å². The van der Waals surface area contributed by atoms with E-state index in [1.54, 1.807) is 0 Å². The van der Waals surface area contributed by atoms with Gasteiger partial charge in [-0.3, -0.25) is 4.79 Å². The fourth-order valence-corrected chi connectivity index (χ4v) is 2.35. The van der Waals surface area contributed by atoms with E-state index in [4.69, 9.17) is 10.2 Å². The smallest absolute Gasteiger partial charge is 0.307 e. The van der Waals surface area contributed by atoms with Crippen LogP contribution in [-0.4, -0.2) is 29.3 Å². The molecule has 0 atom stereocenters. The molecule has 3 N–H and O–H groups in total. The van der Waals surface area contributed by atoms with E-state index in [0.717, 1.165) is 30.6 Å². The lowest BCUT2D eigenvalue weighted by atomic mass is 10.0. The van der Waals surface area contributed by atoms with Crippen molar-refractivity contribution in [3.05, 3.63) is 35.4 Å². The van der Waals surface area contributed by atoms with Crippen molar-refractivity contribution < 1.29 is 15.0 Å². The van der Waals surface area contributed by atoms with Gasteiger partial charge in [-0.25, -0.2) is 0 Å². The summed E-state index contributed by atoms with van der Waals surface area (Å²) in [5, 5.41) is 21.1. The van der Waals surface area contributed by atoms with Crippen molar-refractivity contribution >= 4 is 5.97 Å². The van der Waals surface area contributed by atoms with E-state index in [1.165, 1.54) is 12.8 Å². The van der Waals surface area contributed by atoms with Gasteiger partial charge in [0.15, 0.2) is 0 Å². The highest BCUT2D eigenvalue weighted by Gasteiger charge is 2.41. The third-order valence-corrected chi connectivity index (χ3v) is 3.81. The summed E-state index contributed by atoms with van der Waals surface area (Å²) in [6.45, 7) is 2.01. The first-order valence-corrected chi connectivity index (χ1v) is 6.75. The van der Waals surface area contributed by atoms with E-state index < -0.39 is 5.97 Å². The molecule has 1 aliphatic carbocycles. The molecule has 1 saturated carbocycles. The van der Waals surface area contributed by atoms with Crippen LogP contribution in [-0.2, 0) is 17.8 Å². The number of carbonyl (C=O) groups is 1. The fourth-order valence-electron chi connectivity index (χ4n) is 2.35. The number of benzene rings is 1. The topological polar surface area (TPSA) is 69.6 Å². The Bertz CT molecular complexity index is 424. The Morgan fingerprint density at radius 1 is 1.21 bits per heavy atom. The molecule has 4 heteroatoms. The van der Waals surface area contributed by atoms with Gasteiger partial charge in [0.05, 0.1) is 6.42 Å². The quantitative estimate of drug-likeness (QED) is 0.666. The number of carboxylic acids is 1. The lowest BCUT2D eigenvalue weighted by Gasteiger charge is -2.14. The van der Waals surface area contributed by atoms with Crippen molar-refractivity contribution in [1.29, 1.82) is 0 Å². The summed E-state index contributed by atoms with van der Waals surface area (Å²) < 4.78 is 0. The third-order valence-electron chi connectivity index (χ3n) is 3.81. The largest absolute Gasteiger partial charge is 0.481 e. The van der Waals surface area contributed by atoms with E-state index in [-0.39, 0.29) is 13.0 Å². The summed E-state index contributed by atoms with van der Waals surface area (Å²) >= 11 is 0. The Hall–Kier alpha value is -1.39. The van der Waals surface area contributed by atoms with Gasteiger partial charge < -0.3 is 15.5 Å². The van der Waals surface area contributed by atoms with Crippen LogP contribution in [0.15, 0.2) is 24.3 Å². The molecule has 0 heterocycles. The second-order valence-electron chi connectivity index (χ2n) is 5.46. The van der Waals surface area contributed by atoms with Crippen molar-refractivity contribution in [3.63, 3.8) is 0 Å². The molecular formula is C15H21NO3. The zero-order valence-corrected chi connectivity index (χ0v) is 11.1. The number of aliphatic carboxylic acids is 1. The highest BCUT2D eigenvalue weighted by molar-refractivity contribution is 5.70. The molecule has 0 aliphatic heterocycles. The summed E-state index contributed by atoms with van der Waals surface area (Å²) in [4.78, 5) is 10.6. The van der Waals surface area contributed by atoms with Gasteiger partial charge in [-0.2, -0.15) is 0 Å². The Kier molecular flexibility index (Phi) is 4.56. The normalized spacial score (nSPS) is 16.3. The number of hydrogen-bond donors (Lipinski definition) is 3. The molecule has 1 aromatic rings. The highest BCUT2D eigenvalue weighted by Crippen LogP contribution is 2.47. The van der Waals surface area contributed by atoms with E-state index in [1.807, 2.05) is 24.3 Å². The maximum Gasteiger partial charge on any atom is 0.307 e. The molecule has 2 rings (SSSR count). The fraction of sp³-hybridized carbons (Fsp3) is 0.533. The average molecular weight is 263 g/mol. The zero-order chi connectivity index (χ0) is 13.7. The Morgan fingerprint density at radius 2 is 1.84 bits per heavy atom. The molecule has 19 heavy (non-hydrogen) atoms. The van der Waals surface area contributed by atoms with Gasteiger partial charge in [0, 0.05) is 19.7 Å². The molecule has 0 spiro atoms. The van der Waals surface area contributed by atoms with Gasteiger partial charge in [-0.05, 0) is 35.8 Å². The SMILES string of the molecule is O=C(O)Cc1ccc(CNCC2(CCO)CC2)cc1. The first-order chi connectivity index (χ1) is 9.13. The summed E-state index contributed by atoms with van der Waals surface area (Å²) in [5.41, 5.74) is 2.32. The van der Waals surface area contributed by atoms with Gasteiger partial charge in [0.2, 0.25) is 0 Å². The van der Waals surface area contributed by atoms with Gasteiger partial charge >= 0.3 is 5.97 Å². The summed E-state index contributed by atoms with van der Waals surface area (Å²) in [5.74, 6) is -0.800. The molecule has 0 aromatic heterocycles. The van der Waals surface area contributed by atoms with Crippen molar-refractivity contribution in [3.8, 4) is 0 Å². The molecule has 104 valence electrons.